The molecule has 0 spiro atoms. The van der Waals surface area contributed by atoms with E-state index < -0.39 is 5.60 Å². The molecular weight excluding hydrogens is 310 g/mol. The van der Waals surface area contributed by atoms with Gasteiger partial charge in [0.05, 0.1) is 19.6 Å². The Bertz CT molecular complexity index is 549. The number of hydrogen-bond donors (Lipinski definition) is 1. The molecule has 134 valence electrons. The molecule has 1 amide bonds. The molecule has 0 aliphatic carbocycles. The summed E-state index contributed by atoms with van der Waals surface area (Å²) in [5.74, 6) is 0.549. The van der Waals surface area contributed by atoms with Crippen LogP contribution in [-0.2, 0) is 16.1 Å². The van der Waals surface area contributed by atoms with E-state index in [1.807, 2.05) is 19.0 Å². The molecule has 1 atom stereocenters. The number of aromatic nitrogens is 2. The van der Waals surface area contributed by atoms with E-state index in [4.69, 9.17) is 4.74 Å². The summed E-state index contributed by atoms with van der Waals surface area (Å²) in [4.78, 5) is 26.0. The number of carbonyl (C=O) groups is 1. The molecule has 1 aromatic rings. The predicted octanol–water partition coefficient (Wildman–Crippen LogP) is -0.416. The van der Waals surface area contributed by atoms with Gasteiger partial charge >= 0.3 is 0 Å². The van der Waals surface area contributed by atoms with Crippen LogP contribution in [-0.4, -0.2) is 90.9 Å². The average molecular weight is 337 g/mol. The van der Waals surface area contributed by atoms with Gasteiger partial charge in [0.1, 0.15) is 5.60 Å². The SMILES string of the molecule is CN(C)C(=O)C[C@@]1(O)COCCN(Cc2cnc(N(C)C)nc2)C1. The van der Waals surface area contributed by atoms with E-state index in [9.17, 15) is 9.90 Å². The van der Waals surface area contributed by atoms with Crippen LogP contribution in [0.3, 0.4) is 0 Å². The average Bonchev–Trinajstić information content (AvgIpc) is 2.69. The summed E-state index contributed by atoms with van der Waals surface area (Å²) in [5, 5.41) is 10.8. The zero-order valence-electron chi connectivity index (χ0n) is 14.9. The molecule has 0 radical (unpaired) electrons. The molecule has 1 aliphatic heterocycles. The van der Waals surface area contributed by atoms with Crippen molar-refractivity contribution < 1.29 is 14.6 Å². The van der Waals surface area contributed by atoms with Crippen LogP contribution in [0.4, 0.5) is 5.95 Å². The van der Waals surface area contributed by atoms with Crippen molar-refractivity contribution in [2.45, 2.75) is 18.6 Å². The topological polar surface area (TPSA) is 82.0 Å². The molecular formula is C16H27N5O3. The normalized spacial score (nSPS) is 22.0. The molecule has 8 heteroatoms. The van der Waals surface area contributed by atoms with Crippen LogP contribution in [0.5, 0.6) is 0 Å². The van der Waals surface area contributed by atoms with E-state index in [0.29, 0.717) is 32.2 Å². The minimum atomic E-state index is -1.18. The van der Waals surface area contributed by atoms with Crippen molar-refractivity contribution in [1.29, 1.82) is 0 Å². The maximum atomic E-state index is 12.0. The monoisotopic (exact) mass is 337 g/mol. The first-order valence-corrected chi connectivity index (χ1v) is 8.00. The highest BCUT2D eigenvalue weighted by atomic mass is 16.5. The fourth-order valence-electron chi connectivity index (χ4n) is 2.60. The Kier molecular flexibility index (Phi) is 6.09. The van der Waals surface area contributed by atoms with E-state index in [1.165, 1.54) is 4.90 Å². The van der Waals surface area contributed by atoms with Crippen LogP contribution in [0.2, 0.25) is 0 Å². The van der Waals surface area contributed by atoms with Crippen LogP contribution in [0, 0.1) is 0 Å². The van der Waals surface area contributed by atoms with E-state index in [0.717, 1.165) is 5.56 Å². The number of β-amino-alcohol motifs (C(OH)–C–C–N with tert-alkyl or cyclic N) is 1. The molecule has 0 saturated carbocycles. The zero-order valence-corrected chi connectivity index (χ0v) is 14.9. The first-order valence-electron chi connectivity index (χ1n) is 8.00. The van der Waals surface area contributed by atoms with Crippen molar-refractivity contribution in [3.63, 3.8) is 0 Å². The molecule has 0 unspecified atom stereocenters. The summed E-state index contributed by atoms with van der Waals surface area (Å²) in [6.07, 6.45) is 3.63. The van der Waals surface area contributed by atoms with Gasteiger partial charge in [-0.05, 0) is 0 Å². The molecule has 2 heterocycles. The van der Waals surface area contributed by atoms with Gasteiger partial charge < -0.3 is 19.6 Å². The fraction of sp³-hybridized carbons (Fsp3) is 0.688. The third-order valence-corrected chi connectivity index (χ3v) is 3.92. The molecule has 2 rings (SSSR count). The van der Waals surface area contributed by atoms with Gasteiger partial charge in [0.15, 0.2) is 0 Å². The number of aliphatic hydroxyl groups is 1. The van der Waals surface area contributed by atoms with Crippen LogP contribution in [0.25, 0.3) is 0 Å². The summed E-state index contributed by atoms with van der Waals surface area (Å²) < 4.78 is 5.51. The van der Waals surface area contributed by atoms with E-state index in [2.05, 4.69) is 14.9 Å². The predicted molar refractivity (Wildman–Crippen MR) is 90.7 cm³/mol. The third kappa shape index (κ3) is 5.12. The Balaban J connectivity index is 2.02. The number of nitrogens with zero attached hydrogens (tertiary/aromatic N) is 5. The van der Waals surface area contributed by atoms with Crippen LogP contribution < -0.4 is 4.90 Å². The van der Waals surface area contributed by atoms with Gasteiger partial charge in [-0.2, -0.15) is 0 Å². The van der Waals surface area contributed by atoms with Crippen molar-refractivity contribution >= 4 is 11.9 Å². The van der Waals surface area contributed by atoms with Crippen molar-refractivity contribution in [3.8, 4) is 0 Å². The first-order chi connectivity index (χ1) is 11.3. The molecule has 0 bridgehead atoms. The van der Waals surface area contributed by atoms with Gasteiger partial charge in [-0.15, -0.1) is 0 Å². The minimum Gasteiger partial charge on any atom is -0.386 e. The second-order valence-electron chi connectivity index (χ2n) is 6.74. The van der Waals surface area contributed by atoms with Crippen molar-refractivity contribution in [2.24, 2.45) is 0 Å². The van der Waals surface area contributed by atoms with Crippen molar-refractivity contribution in [1.82, 2.24) is 19.8 Å². The first kappa shape index (κ1) is 18.6. The number of hydrogen-bond acceptors (Lipinski definition) is 7. The highest BCUT2D eigenvalue weighted by molar-refractivity contribution is 5.76. The molecule has 24 heavy (non-hydrogen) atoms. The van der Waals surface area contributed by atoms with E-state index in [-0.39, 0.29) is 18.9 Å². The van der Waals surface area contributed by atoms with Gasteiger partial charge in [0.2, 0.25) is 11.9 Å². The second-order valence-corrected chi connectivity index (χ2v) is 6.74. The van der Waals surface area contributed by atoms with Crippen LogP contribution in [0.15, 0.2) is 12.4 Å². The number of anilines is 1. The van der Waals surface area contributed by atoms with Gasteiger partial charge in [0, 0.05) is 65.8 Å². The fourth-order valence-corrected chi connectivity index (χ4v) is 2.60. The lowest BCUT2D eigenvalue weighted by Gasteiger charge is -2.31. The minimum absolute atomic E-state index is 0.0482. The molecule has 1 aliphatic rings. The standard InChI is InChI=1S/C16H27N5O3/c1-19(2)14(22)7-16(23)11-21(5-6-24-12-16)10-13-8-17-15(18-9-13)20(3)4/h8-9,23H,5-7,10-12H2,1-4H3/t16-/m0/s1. The van der Waals surface area contributed by atoms with Crippen LogP contribution in [0.1, 0.15) is 12.0 Å². The van der Waals surface area contributed by atoms with Gasteiger partial charge in [-0.25, -0.2) is 9.97 Å². The number of amides is 1. The molecule has 1 aromatic heterocycles. The summed E-state index contributed by atoms with van der Waals surface area (Å²) in [7, 11) is 7.15. The lowest BCUT2D eigenvalue weighted by Crippen LogP contribution is -2.47. The molecule has 8 nitrogen and oxygen atoms in total. The lowest BCUT2D eigenvalue weighted by atomic mass is 9.99. The summed E-state index contributed by atoms with van der Waals surface area (Å²) in [5.41, 5.74) is -0.216. The zero-order chi connectivity index (χ0) is 17.7. The number of rotatable bonds is 5. The third-order valence-electron chi connectivity index (χ3n) is 3.92. The lowest BCUT2D eigenvalue weighted by molar-refractivity contribution is -0.136. The summed E-state index contributed by atoms with van der Waals surface area (Å²) in [6.45, 7) is 2.36. The van der Waals surface area contributed by atoms with E-state index in [1.54, 1.807) is 26.5 Å². The Morgan fingerprint density at radius 3 is 2.58 bits per heavy atom. The Morgan fingerprint density at radius 1 is 1.33 bits per heavy atom. The highest BCUT2D eigenvalue weighted by Gasteiger charge is 2.35. The highest BCUT2D eigenvalue weighted by Crippen LogP contribution is 2.19. The number of ether oxygens (including phenoxy) is 1. The van der Waals surface area contributed by atoms with Crippen molar-refractivity contribution in [2.75, 3.05) is 59.4 Å². The smallest absolute Gasteiger partial charge is 0.225 e. The summed E-state index contributed by atoms with van der Waals surface area (Å²) in [6, 6.07) is 0. The Labute approximate surface area is 143 Å². The number of carbonyl (C=O) groups excluding carboxylic acids is 1. The van der Waals surface area contributed by atoms with E-state index >= 15 is 0 Å². The molecule has 1 N–H and O–H groups in total. The van der Waals surface area contributed by atoms with Crippen LogP contribution >= 0.6 is 0 Å². The summed E-state index contributed by atoms with van der Waals surface area (Å²) >= 11 is 0. The molecule has 0 aromatic carbocycles. The Hall–Kier alpha value is -1.77. The molecule has 1 fully saturated rings. The quantitative estimate of drug-likeness (QED) is 0.782. The maximum absolute atomic E-state index is 12.0. The second kappa shape index (κ2) is 7.87. The Morgan fingerprint density at radius 2 is 2.00 bits per heavy atom. The van der Waals surface area contributed by atoms with Gasteiger partial charge in [0.25, 0.3) is 0 Å². The largest absolute Gasteiger partial charge is 0.386 e. The molecule has 1 saturated heterocycles. The van der Waals surface area contributed by atoms with Gasteiger partial charge in [-0.3, -0.25) is 9.69 Å². The van der Waals surface area contributed by atoms with Gasteiger partial charge in [-0.1, -0.05) is 0 Å². The maximum Gasteiger partial charge on any atom is 0.225 e. The van der Waals surface area contributed by atoms with Crippen molar-refractivity contribution in [3.05, 3.63) is 18.0 Å².